The maximum Gasteiger partial charge on any atom is 0.327 e. The van der Waals surface area contributed by atoms with Crippen molar-refractivity contribution in [3.05, 3.63) is 18.0 Å². The zero-order chi connectivity index (χ0) is 11.1. The predicted molar refractivity (Wildman–Crippen MR) is 55.5 cm³/mol. The van der Waals surface area contributed by atoms with Crippen LogP contribution < -0.4 is 11.4 Å². The summed E-state index contributed by atoms with van der Waals surface area (Å²) in [5, 5.41) is 0.647. The first kappa shape index (κ1) is 11.9. The highest BCUT2D eigenvalue weighted by atomic mass is 32.2. The highest BCUT2D eigenvalue weighted by Crippen LogP contribution is 2.12. The molecule has 15 heavy (non-hydrogen) atoms. The van der Waals surface area contributed by atoms with Gasteiger partial charge < -0.3 is 4.84 Å². The number of nitrogens with one attached hydrogen (secondary N) is 1. The third-order valence-electron chi connectivity index (χ3n) is 1.47. The van der Waals surface area contributed by atoms with Crippen LogP contribution in [0.1, 0.15) is 12.0 Å². The van der Waals surface area contributed by atoms with Crippen molar-refractivity contribution in [2.24, 2.45) is 5.84 Å². The van der Waals surface area contributed by atoms with Crippen molar-refractivity contribution in [3.63, 3.8) is 0 Å². The van der Waals surface area contributed by atoms with Crippen molar-refractivity contribution in [3.8, 4) is 0 Å². The summed E-state index contributed by atoms with van der Waals surface area (Å²) in [5.74, 6) is 4.96. The molecule has 1 heterocycles. The minimum absolute atomic E-state index is 0.256. The minimum atomic E-state index is -0.405. The fourth-order valence-corrected chi connectivity index (χ4v) is 1.50. The van der Waals surface area contributed by atoms with Crippen molar-refractivity contribution in [1.29, 1.82) is 0 Å². The molecule has 0 bridgehead atoms. The van der Waals surface area contributed by atoms with Crippen molar-refractivity contribution in [2.45, 2.75) is 18.5 Å². The molecule has 1 aromatic rings. The lowest BCUT2D eigenvalue weighted by atomic mass is 10.4. The number of nitrogens with two attached hydrogens (primary N) is 1. The molecule has 0 spiro atoms. The van der Waals surface area contributed by atoms with E-state index in [2.05, 4.69) is 14.8 Å². The lowest BCUT2D eigenvalue weighted by Crippen LogP contribution is -2.26. The van der Waals surface area contributed by atoms with Gasteiger partial charge in [-0.2, -0.15) is 0 Å². The van der Waals surface area contributed by atoms with Crippen molar-refractivity contribution in [2.75, 3.05) is 5.75 Å². The Morgan fingerprint density at radius 3 is 2.87 bits per heavy atom. The van der Waals surface area contributed by atoms with Crippen molar-refractivity contribution in [1.82, 2.24) is 15.6 Å². The summed E-state index contributed by atoms with van der Waals surface area (Å²) in [5.41, 5.74) is 2.84. The summed E-state index contributed by atoms with van der Waals surface area (Å²) in [6.45, 7) is 1.92. The van der Waals surface area contributed by atoms with Crippen LogP contribution in [-0.2, 0) is 9.63 Å². The van der Waals surface area contributed by atoms with Crippen molar-refractivity contribution >= 4 is 17.7 Å². The second-order valence-electron chi connectivity index (χ2n) is 2.73. The third-order valence-corrected chi connectivity index (χ3v) is 2.34. The standard InChI is InChI=1S/C8H12N4O2S/c1-6-4-10-8(11-5-6)15-3-2-7(13)14-12-9/h4-5,12H,2-3,9H2,1H3. The number of rotatable bonds is 5. The molecular weight excluding hydrogens is 216 g/mol. The smallest absolute Gasteiger partial charge is 0.327 e. The van der Waals surface area contributed by atoms with Gasteiger partial charge in [0.15, 0.2) is 5.16 Å². The Morgan fingerprint density at radius 2 is 2.27 bits per heavy atom. The first-order valence-electron chi connectivity index (χ1n) is 4.29. The molecule has 82 valence electrons. The fourth-order valence-electron chi connectivity index (χ4n) is 0.798. The molecule has 0 aromatic carbocycles. The van der Waals surface area contributed by atoms with Crippen LogP contribution in [0.2, 0.25) is 0 Å². The number of thioether (sulfide) groups is 1. The molecule has 0 amide bonds. The van der Waals surface area contributed by atoms with Gasteiger partial charge in [-0.3, -0.25) is 4.79 Å². The molecule has 0 saturated heterocycles. The van der Waals surface area contributed by atoms with Gasteiger partial charge in [0.05, 0.1) is 6.42 Å². The number of hydrazine groups is 1. The van der Waals surface area contributed by atoms with Crippen LogP contribution in [0.4, 0.5) is 0 Å². The Kier molecular flexibility index (Phi) is 5.02. The average molecular weight is 228 g/mol. The molecule has 0 saturated carbocycles. The van der Waals surface area contributed by atoms with Gasteiger partial charge in [-0.25, -0.2) is 15.8 Å². The predicted octanol–water partition coefficient (Wildman–Crippen LogP) is 0.189. The normalized spacial score (nSPS) is 10.0. The molecule has 0 aliphatic heterocycles. The molecule has 0 aliphatic rings. The van der Waals surface area contributed by atoms with Gasteiger partial charge in [0.1, 0.15) is 0 Å². The highest BCUT2D eigenvalue weighted by molar-refractivity contribution is 7.99. The van der Waals surface area contributed by atoms with Gasteiger partial charge in [-0.05, 0) is 12.5 Å². The van der Waals surface area contributed by atoms with Crippen LogP contribution in [0.3, 0.4) is 0 Å². The molecule has 0 unspecified atom stereocenters. The molecule has 1 aromatic heterocycles. The SMILES string of the molecule is Cc1cnc(SCCC(=O)ONN)nc1. The van der Waals surface area contributed by atoms with Crippen LogP contribution in [0, 0.1) is 6.92 Å². The lowest BCUT2D eigenvalue weighted by molar-refractivity contribution is -0.150. The maximum absolute atomic E-state index is 10.9. The summed E-state index contributed by atoms with van der Waals surface area (Å²) in [6, 6.07) is 0. The minimum Gasteiger partial charge on any atom is -0.356 e. The molecule has 0 radical (unpaired) electrons. The second kappa shape index (κ2) is 6.33. The van der Waals surface area contributed by atoms with Crippen LogP contribution in [0.15, 0.2) is 17.6 Å². The summed E-state index contributed by atoms with van der Waals surface area (Å²) in [4.78, 5) is 23.4. The summed E-state index contributed by atoms with van der Waals surface area (Å²) >= 11 is 1.39. The summed E-state index contributed by atoms with van der Waals surface area (Å²) < 4.78 is 0. The fraction of sp³-hybridized carbons (Fsp3) is 0.375. The number of hydrogen-bond donors (Lipinski definition) is 2. The average Bonchev–Trinajstić information content (AvgIpc) is 2.21. The van der Waals surface area contributed by atoms with E-state index in [4.69, 9.17) is 5.84 Å². The van der Waals surface area contributed by atoms with Crippen LogP contribution in [0.5, 0.6) is 0 Å². The lowest BCUT2D eigenvalue weighted by Gasteiger charge is -2.00. The maximum atomic E-state index is 10.9. The Balaban J connectivity index is 2.26. The molecular formula is C8H12N4O2S. The van der Waals surface area contributed by atoms with E-state index in [1.54, 1.807) is 12.4 Å². The van der Waals surface area contributed by atoms with E-state index in [-0.39, 0.29) is 6.42 Å². The number of carbonyl (C=O) groups is 1. The summed E-state index contributed by atoms with van der Waals surface area (Å²) in [7, 11) is 0. The molecule has 0 fully saturated rings. The highest BCUT2D eigenvalue weighted by Gasteiger charge is 2.03. The van der Waals surface area contributed by atoms with Crippen molar-refractivity contribution < 1.29 is 9.63 Å². The van der Waals surface area contributed by atoms with Gasteiger partial charge >= 0.3 is 5.97 Å². The Bertz CT molecular complexity index is 317. The molecule has 1 rings (SSSR count). The topological polar surface area (TPSA) is 90.1 Å². The first-order chi connectivity index (χ1) is 7.22. The Labute approximate surface area is 91.5 Å². The quantitative estimate of drug-likeness (QED) is 0.322. The number of aryl methyl sites for hydroxylation is 1. The molecule has 6 nitrogen and oxygen atoms in total. The first-order valence-corrected chi connectivity index (χ1v) is 5.27. The van der Waals surface area contributed by atoms with E-state index in [0.29, 0.717) is 10.9 Å². The number of hydrogen-bond acceptors (Lipinski definition) is 7. The van der Waals surface area contributed by atoms with Gasteiger partial charge in [0, 0.05) is 18.1 Å². The Hall–Kier alpha value is -1.18. The number of aromatic nitrogens is 2. The number of nitrogens with zero attached hydrogens (tertiary/aromatic N) is 2. The van der Waals surface area contributed by atoms with Crippen LogP contribution in [0.25, 0.3) is 0 Å². The zero-order valence-corrected chi connectivity index (χ0v) is 9.08. The van der Waals surface area contributed by atoms with E-state index in [0.717, 1.165) is 5.56 Å². The van der Waals surface area contributed by atoms with E-state index in [9.17, 15) is 4.79 Å². The largest absolute Gasteiger partial charge is 0.356 e. The molecule has 7 heteroatoms. The summed E-state index contributed by atoms with van der Waals surface area (Å²) in [6.07, 6.45) is 3.72. The molecule has 0 atom stereocenters. The van der Waals surface area contributed by atoms with Gasteiger partial charge in [0.25, 0.3) is 0 Å². The van der Waals surface area contributed by atoms with Crippen LogP contribution >= 0.6 is 11.8 Å². The van der Waals surface area contributed by atoms with E-state index in [1.807, 2.05) is 12.5 Å². The second-order valence-corrected chi connectivity index (χ2v) is 3.80. The van der Waals surface area contributed by atoms with Gasteiger partial charge in [0.2, 0.25) is 0 Å². The van der Waals surface area contributed by atoms with Gasteiger partial charge in [-0.1, -0.05) is 17.4 Å². The Morgan fingerprint density at radius 1 is 1.60 bits per heavy atom. The monoisotopic (exact) mass is 228 g/mol. The number of carbonyl (C=O) groups excluding carboxylic acids is 1. The van der Waals surface area contributed by atoms with Crippen LogP contribution in [-0.4, -0.2) is 21.7 Å². The van der Waals surface area contributed by atoms with Gasteiger partial charge in [-0.15, -0.1) is 0 Å². The van der Waals surface area contributed by atoms with E-state index >= 15 is 0 Å². The zero-order valence-electron chi connectivity index (χ0n) is 8.27. The van der Waals surface area contributed by atoms with E-state index in [1.165, 1.54) is 11.8 Å². The molecule has 3 N–H and O–H groups in total. The molecule has 0 aliphatic carbocycles. The third kappa shape index (κ3) is 4.73. The van der Waals surface area contributed by atoms with E-state index < -0.39 is 5.97 Å².